The van der Waals surface area contributed by atoms with Crippen LogP contribution in [-0.4, -0.2) is 66.5 Å². The number of piperazine rings is 1. The number of carbonyl (C=O) groups is 1. The van der Waals surface area contributed by atoms with Crippen molar-refractivity contribution in [1.82, 2.24) is 34.4 Å². The van der Waals surface area contributed by atoms with Gasteiger partial charge in [-0.05, 0) is 23.8 Å². The number of furan rings is 1. The van der Waals surface area contributed by atoms with E-state index in [1.165, 1.54) is 22.9 Å². The van der Waals surface area contributed by atoms with Gasteiger partial charge in [-0.25, -0.2) is 8.78 Å². The van der Waals surface area contributed by atoms with Gasteiger partial charge in [-0.15, -0.1) is 5.10 Å². The Kier molecular flexibility index (Phi) is 6.78. The number of carbonyl (C=O) groups excluding carboxylic acids is 1. The van der Waals surface area contributed by atoms with Crippen LogP contribution in [0.3, 0.4) is 0 Å². The lowest BCUT2D eigenvalue weighted by Crippen LogP contribution is -2.50. The van der Waals surface area contributed by atoms with Crippen LogP contribution in [0.4, 0.5) is 20.7 Å². The van der Waals surface area contributed by atoms with Gasteiger partial charge >= 0.3 is 0 Å². The SMILES string of the molecule is Nc1nc(N[C@H](C(=O)N2CCN(Cc3ccc(F)cc3F)CC2)c2ccccc2)nc2nc(-c3ccco3)nn12. The van der Waals surface area contributed by atoms with Crippen molar-refractivity contribution in [2.75, 3.05) is 37.2 Å². The van der Waals surface area contributed by atoms with Crippen LogP contribution < -0.4 is 11.1 Å². The molecule has 0 radical (unpaired) electrons. The number of benzene rings is 2. The predicted octanol–water partition coefficient (Wildman–Crippen LogP) is 3.14. The molecule has 5 aromatic rings. The average molecular weight is 546 g/mol. The zero-order chi connectivity index (χ0) is 27.6. The fourth-order valence-electron chi connectivity index (χ4n) is 4.64. The number of nitrogens with zero attached hydrogens (tertiary/aromatic N) is 7. The maximum Gasteiger partial charge on any atom is 0.259 e. The van der Waals surface area contributed by atoms with Gasteiger partial charge in [0.15, 0.2) is 5.76 Å². The van der Waals surface area contributed by atoms with Crippen LogP contribution in [0.15, 0.2) is 71.3 Å². The van der Waals surface area contributed by atoms with E-state index >= 15 is 0 Å². The third kappa shape index (κ3) is 5.18. The summed E-state index contributed by atoms with van der Waals surface area (Å²) in [5.74, 6) is -0.235. The van der Waals surface area contributed by atoms with Crippen LogP contribution in [-0.2, 0) is 11.3 Å². The van der Waals surface area contributed by atoms with Gasteiger partial charge < -0.3 is 20.4 Å². The normalized spacial score (nSPS) is 14.9. The summed E-state index contributed by atoms with van der Waals surface area (Å²) in [6.45, 7) is 2.28. The molecular weight excluding hydrogens is 520 g/mol. The van der Waals surface area contributed by atoms with Crippen molar-refractivity contribution < 1.29 is 18.0 Å². The Morgan fingerprint density at radius 3 is 2.52 bits per heavy atom. The van der Waals surface area contributed by atoms with Crippen molar-refractivity contribution in [2.24, 2.45) is 0 Å². The molecule has 204 valence electrons. The molecule has 40 heavy (non-hydrogen) atoms. The first-order valence-corrected chi connectivity index (χ1v) is 12.7. The van der Waals surface area contributed by atoms with E-state index in [1.807, 2.05) is 35.2 Å². The highest BCUT2D eigenvalue weighted by Gasteiger charge is 2.30. The Labute approximate surface area is 227 Å². The summed E-state index contributed by atoms with van der Waals surface area (Å²) in [5.41, 5.74) is 7.29. The Morgan fingerprint density at radius 2 is 1.80 bits per heavy atom. The number of nitrogens with one attached hydrogen (secondary N) is 1. The fraction of sp³-hybridized carbons (Fsp3) is 0.222. The maximum absolute atomic E-state index is 14.1. The molecule has 0 saturated carbocycles. The second-order valence-corrected chi connectivity index (χ2v) is 9.36. The van der Waals surface area contributed by atoms with Gasteiger partial charge in [0.2, 0.25) is 23.6 Å². The van der Waals surface area contributed by atoms with Gasteiger partial charge in [-0.1, -0.05) is 36.4 Å². The summed E-state index contributed by atoms with van der Waals surface area (Å²) >= 11 is 0. The maximum atomic E-state index is 14.1. The molecule has 4 heterocycles. The summed E-state index contributed by atoms with van der Waals surface area (Å²) in [5, 5.41) is 7.44. The van der Waals surface area contributed by atoms with Gasteiger partial charge in [0.1, 0.15) is 17.7 Å². The summed E-state index contributed by atoms with van der Waals surface area (Å²) in [4.78, 5) is 30.7. The van der Waals surface area contributed by atoms with Crippen molar-refractivity contribution in [1.29, 1.82) is 0 Å². The third-order valence-electron chi connectivity index (χ3n) is 6.72. The van der Waals surface area contributed by atoms with E-state index in [1.54, 1.807) is 17.0 Å². The molecule has 1 fully saturated rings. The summed E-state index contributed by atoms with van der Waals surface area (Å²) in [7, 11) is 0. The summed E-state index contributed by atoms with van der Waals surface area (Å²) < 4.78 is 34.1. The van der Waals surface area contributed by atoms with Crippen LogP contribution in [0.1, 0.15) is 17.2 Å². The second kappa shape index (κ2) is 10.7. The molecule has 0 unspecified atom stereocenters. The van der Waals surface area contributed by atoms with Crippen molar-refractivity contribution in [2.45, 2.75) is 12.6 Å². The highest BCUT2D eigenvalue weighted by Crippen LogP contribution is 2.24. The molecule has 0 aliphatic carbocycles. The van der Waals surface area contributed by atoms with E-state index in [2.05, 4.69) is 25.4 Å². The second-order valence-electron chi connectivity index (χ2n) is 9.36. The molecule has 11 nitrogen and oxygen atoms in total. The lowest BCUT2D eigenvalue weighted by molar-refractivity contribution is -0.134. The van der Waals surface area contributed by atoms with Crippen LogP contribution in [0.2, 0.25) is 0 Å². The molecule has 2 aromatic carbocycles. The van der Waals surface area contributed by atoms with Crippen molar-refractivity contribution in [3.05, 3.63) is 89.7 Å². The topological polar surface area (TPSA) is 131 Å². The highest BCUT2D eigenvalue weighted by atomic mass is 19.1. The minimum Gasteiger partial charge on any atom is -0.461 e. The van der Waals surface area contributed by atoms with Gasteiger partial charge in [-0.2, -0.15) is 19.5 Å². The number of hydrogen-bond acceptors (Lipinski definition) is 9. The van der Waals surface area contributed by atoms with E-state index < -0.39 is 17.7 Å². The molecule has 1 atom stereocenters. The Bertz CT molecular complexity index is 1640. The van der Waals surface area contributed by atoms with E-state index in [4.69, 9.17) is 10.2 Å². The molecule has 1 aliphatic rings. The predicted molar refractivity (Wildman–Crippen MR) is 142 cm³/mol. The quantitative estimate of drug-likeness (QED) is 0.317. The summed E-state index contributed by atoms with van der Waals surface area (Å²) in [6.07, 6.45) is 1.51. The zero-order valence-corrected chi connectivity index (χ0v) is 21.2. The number of nitrogen functional groups attached to an aromatic ring is 1. The Morgan fingerprint density at radius 1 is 1.00 bits per heavy atom. The number of rotatable bonds is 7. The number of fused-ring (bicyclic) bond motifs is 1. The van der Waals surface area contributed by atoms with Crippen LogP contribution in [0, 0.1) is 11.6 Å². The number of anilines is 2. The molecular formula is C27H25F2N9O2. The number of hydrogen-bond donors (Lipinski definition) is 2. The van der Waals surface area contributed by atoms with Crippen LogP contribution in [0.5, 0.6) is 0 Å². The van der Waals surface area contributed by atoms with E-state index in [0.29, 0.717) is 49.9 Å². The standard InChI is InChI=1S/C27H25F2N9O2/c28-19-9-8-18(20(29)15-19)16-36-10-12-37(13-11-36)24(39)22(17-5-2-1-3-6-17)31-26-33-25(30)38-27(34-26)32-23(35-38)21-7-4-14-40-21/h1-9,14-15,22H,10-13,16H2,(H3,30,31,32,33,34,35)/t22-/m0/s1. The largest absolute Gasteiger partial charge is 0.461 e. The molecule has 13 heteroatoms. The number of halogens is 2. The zero-order valence-electron chi connectivity index (χ0n) is 21.2. The van der Waals surface area contributed by atoms with E-state index in [0.717, 1.165) is 11.6 Å². The number of nitrogens with two attached hydrogens (primary N) is 1. The first kappa shape index (κ1) is 25.4. The molecule has 1 amide bonds. The number of amides is 1. The highest BCUT2D eigenvalue weighted by molar-refractivity contribution is 5.86. The van der Waals surface area contributed by atoms with Gasteiger partial charge in [-0.3, -0.25) is 9.69 Å². The minimum atomic E-state index is -0.795. The van der Waals surface area contributed by atoms with Crippen LogP contribution >= 0.6 is 0 Å². The van der Waals surface area contributed by atoms with Crippen molar-refractivity contribution in [3.63, 3.8) is 0 Å². The Balaban J connectivity index is 1.20. The molecule has 0 bridgehead atoms. The monoisotopic (exact) mass is 545 g/mol. The molecule has 3 N–H and O–H groups in total. The first-order chi connectivity index (χ1) is 19.4. The number of aromatic nitrogens is 5. The molecule has 6 rings (SSSR count). The minimum absolute atomic E-state index is 0.0405. The van der Waals surface area contributed by atoms with Crippen molar-refractivity contribution >= 4 is 23.6 Å². The molecule has 3 aromatic heterocycles. The summed E-state index contributed by atoms with van der Waals surface area (Å²) in [6, 6.07) is 15.5. The molecule has 0 spiro atoms. The lowest BCUT2D eigenvalue weighted by Gasteiger charge is -2.36. The fourth-order valence-corrected chi connectivity index (χ4v) is 4.64. The van der Waals surface area contributed by atoms with Gasteiger partial charge in [0, 0.05) is 44.4 Å². The molecule has 1 saturated heterocycles. The average Bonchev–Trinajstić information content (AvgIpc) is 3.65. The lowest BCUT2D eigenvalue weighted by atomic mass is 10.1. The van der Waals surface area contributed by atoms with Gasteiger partial charge in [0.05, 0.1) is 6.26 Å². The smallest absolute Gasteiger partial charge is 0.259 e. The van der Waals surface area contributed by atoms with Crippen LogP contribution in [0.25, 0.3) is 17.4 Å². The van der Waals surface area contributed by atoms with Crippen molar-refractivity contribution in [3.8, 4) is 11.6 Å². The molecule has 1 aliphatic heterocycles. The van der Waals surface area contributed by atoms with E-state index in [-0.39, 0.29) is 23.6 Å². The Hall–Kier alpha value is -4.91. The van der Waals surface area contributed by atoms with Gasteiger partial charge in [0.25, 0.3) is 5.78 Å². The first-order valence-electron chi connectivity index (χ1n) is 12.7. The third-order valence-corrected chi connectivity index (χ3v) is 6.72. The van der Waals surface area contributed by atoms with E-state index in [9.17, 15) is 13.6 Å².